The standard InChI is InChI=1S/C40H66O4/c1-3-5-7-9-11-13-15-17-19-21-23-25-35-43-39(41)33-31-37-27-29-38(30-28-37)32-34-40(42)44-36-26-24-22-20-18-16-14-12-10-8-6-4-2/h27-34H,3-26,35-36H2,1-2H3/b33-31+,34-32+. The van der Waals surface area contributed by atoms with E-state index in [9.17, 15) is 9.59 Å². The Bertz CT molecular complexity index is 784. The van der Waals surface area contributed by atoms with E-state index in [1.54, 1.807) is 12.2 Å². The summed E-state index contributed by atoms with van der Waals surface area (Å²) in [6, 6.07) is 7.69. The van der Waals surface area contributed by atoms with Crippen LogP contribution in [0.4, 0.5) is 0 Å². The molecular formula is C40H66O4. The van der Waals surface area contributed by atoms with Crippen molar-refractivity contribution in [1.29, 1.82) is 0 Å². The average Bonchev–Trinajstić information content (AvgIpc) is 3.04. The molecule has 0 aliphatic heterocycles. The predicted molar refractivity (Wildman–Crippen MR) is 189 cm³/mol. The molecule has 0 atom stereocenters. The fourth-order valence-corrected chi connectivity index (χ4v) is 5.37. The first-order chi connectivity index (χ1) is 21.7. The number of esters is 2. The normalized spacial score (nSPS) is 11.5. The molecule has 0 N–H and O–H groups in total. The fraction of sp³-hybridized carbons (Fsp3) is 0.700. The number of ether oxygens (including phenoxy) is 2. The van der Waals surface area contributed by atoms with Crippen LogP contribution in [0.3, 0.4) is 0 Å². The number of unbranched alkanes of at least 4 members (excludes halogenated alkanes) is 22. The lowest BCUT2D eigenvalue weighted by molar-refractivity contribution is -0.138. The van der Waals surface area contributed by atoms with Crippen molar-refractivity contribution < 1.29 is 19.1 Å². The van der Waals surface area contributed by atoms with E-state index in [1.807, 2.05) is 24.3 Å². The summed E-state index contributed by atoms with van der Waals surface area (Å²) in [4.78, 5) is 24.1. The second-order valence-corrected chi connectivity index (χ2v) is 12.4. The molecule has 0 saturated carbocycles. The van der Waals surface area contributed by atoms with E-state index in [0.717, 1.165) is 36.8 Å². The number of hydrogen-bond donors (Lipinski definition) is 0. The van der Waals surface area contributed by atoms with Gasteiger partial charge in [-0.15, -0.1) is 0 Å². The first kappa shape index (κ1) is 39.7. The summed E-state index contributed by atoms with van der Waals surface area (Å²) < 4.78 is 10.7. The summed E-state index contributed by atoms with van der Waals surface area (Å²) in [6.07, 6.45) is 37.5. The minimum atomic E-state index is -0.298. The molecule has 0 radical (unpaired) electrons. The summed E-state index contributed by atoms with van der Waals surface area (Å²) in [5.74, 6) is -0.596. The fourth-order valence-electron chi connectivity index (χ4n) is 5.37. The maximum absolute atomic E-state index is 12.0. The molecule has 0 aromatic heterocycles. The SMILES string of the molecule is CCCCCCCCCCCCCCOC(=O)/C=C/c1ccc(/C=C/C(=O)OCCCCCCCCCCCCCC)cc1. The molecule has 250 valence electrons. The monoisotopic (exact) mass is 610 g/mol. The minimum Gasteiger partial charge on any atom is -0.463 e. The van der Waals surface area contributed by atoms with Crippen LogP contribution in [0.15, 0.2) is 36.4 Å². The molecule has 0 fully saturated rings. The zero-order chi connectivity index (χ0) is 31.8. The first-order valence-corrected chi connectivity index (χ1v) is 18.5. The average molecular weight is 611 g/mol. The van der Waals surface area contributed by atoms with Gasteiger partial charge >= 0.3 is 11.9 Å². The second-order valence-electron chi connectivity index (χ2n) is 12.4. The van der Waals surface area contributed by atoms with Gasteiger partial charge in [-0.05, 0) is 36.1 Å². The lowest BCUT2D eigenvalue weighted by atomic mass is 10.1. The van der Waals surface area contributed by atoms with Crippen molar-refractivity contribution in [3.8, 4) is 0 Å². The van der Waals surface area contributed by atoms with Gasteiger partial charge in [0.05, 0.1) is 13.2 Å². The Hall–Kier alpha value is -2.36. The molecule has 0 aliphatic rings. The third-order valence-corrected chi connectivity index (χ3v) is 8.24. The van der Waals surface area contributed by atoms with Crippen molar-refractivity contribution in [3.05, 3.63) is 47.5 Å². The first-order valence-electron chi connectivity index (χ1n) is 18.5. The maximum atomic E-state index is 12.0. The van der Waals surface area contributed by atoms with E-state index in [2.05, 4.69) is 13.8 Å². The molecule has 0 saturated heterocycles. The Morgan fingerprint density at radius 1 is 0.432 bits per heavy atom. The van der Waals surface area contributed by atoms with Crippen LogP contribution in [-0.4, -0.2) is 25.2 Å². The summed E-state index contributed by atoms with van der Waals surface area (Å²) in [5.41, 5.74) is 1.83. The number of carbonyl (C=O) groups is 2. The van der Waals surface area contributed by atoms with Crippen LogP contribution in [0.1, 0.15) is 179 Å². The van der Waals surface area contributed by atoms with Gasteiger partial charge in [0.15, 0.2) is 0 Å². The molecule has 0 amide bonds. The molecule has 0 aliphatic carbocycles. The molecule has 0 unspecified atom stereocenters. The van der Waals surface area contributed by atoms with Crippen LogP contribution in [0.25, 0.3) is 12.2 Å². The van der Waals surface area contributed by atoms with Gasteiger partial charge in [0.1, 0.15) is 0 Å². The summed E-state index contributed by atoms with van der Waals surface area (Å²) in [5, 5.41) is 0. The van der Waals surface area contributed by atoms with Gasteiger partial charge in [0.25, 0.3) is 0 Å². The van der Waals surface area contributed by atoms with E-state index in [-0.39, 0.29) is 11.9 Å². The highest BCUT2D eigenvalue weighted by Gasteiger charge is 2.00. The largest absolute Gasteiger partial charge is 0.463 e. The van der Waals surface area contributed by atoms with Gasteiger partial charge in [-0.25, -0.2) is 9.59 Å². The van der Waals surface area contributed by atoms with Gasteiger partial charge in [0, 0.05) is 12.2 Å². The van der Waals surface area contributed by atoms with Crippen LogP contribution in [0.5, 0.6) is 0 Å². The van der Waals surface area contributed by atoms with Gasteiger partial charge in [0.2, 0.25) is 0 Å². The number of benzene rings is 1. The molecule has 0 bridgehead atoms. The number of carbonyl (C=O) groups excluding carboxylic acids is 2. The molecule has 1 rings (SSSR count). The Labute approximate surface area is 271 Å². The van der Waals surface area contributed by atoms with Crippen LogP contribution in [0, 0.1) is 0 Å². The van der Waals surface area contributed by atoms with Crippen molar-refractivity contribution in [2.75, 3.05) is 13.2 Å². The van der Waals surface area contributed by atoms with Crippen LogP contribution < -0.4 is 0 Å². The molecule has 1 aromatic carbocycles. The van der Waals surface area contributed by atoms with Gasteiger partial charge in [-0.1, -0.05) is 179 Å². The quantitative estimate of drug-likeness (QED) is 0.0494. The maximum Gasteiger partial charge on any atom is 0.330 e. The number of rotatable bonds is 30. The van der Waals surface area contributed by atoms with Crippen LogP contribution in [0.2, 0.25) is 0 Å². The number of hydrogen-bond acceptors (Lipinski definition) is 4. The summed E-state index contributed by atoms with van der Waals surface area (Å²) >= 11 is 0. The topological polar surface area (TPSA) is 52.6 Å². The van der Waals surface area contributed by atoms with Gasteiger partial charge < -0.3 is 9.47 Å². The van der Waals surface area contributed by atoms with Gasteiger partial charge in [-0.3, -0.25) is 0 Å². The lowest BCUT2D eigenvalue weighted by Gasteiger charge is -2.04. The Balaban J connectivity index is 2.02. The van der Waals surface area contributed by atoms with Crippen LogP contribution >= 0.6 is 0 Å². The van der Waals surface area contributed by atoms with Crippen molar-refractivity contribution in [2.45, 2.75) is 168 Å². The molecule has 1 aromatic rings. The molecule has 0 heterocycles. The Kier molecular flexibility index (Phi) is 27.6. The van der Waals surface area contributed by atoms with Crippen molar-refractivity contribution in [3.63, 3.8) is 0 Å². The Morgan fingerprint density at radius 2 is 0.682 bits per heavy atom. The molecule has 4 heteroatoms. The van der Waals surface area contributed by atoms with E-state index < -0.39 is 0 Å². The third-order valence-electron chi connectivity index (χ3n) is 8.24. The lowest BCUT2D eigenvalue weighted by Crippen LogP contribution is -2.02. The third kappa shape index (κ3) is 26.1. The zero-order valence-corrected chi connectivity index (χ0v) is 28.6. The zero-order valence-electron chi connectivity index (χ0n) is 28.6. The molecule has 44 heavy (non-hydrogen) atoms. The molecular weight excluding hydrogens is 544 g/mol. The van der Waals surface area contributed by atoms with Crippen molar-refractivity contribution in [2.24, 2.45) is 0 Å². The summed E-state index contributed by atoms with van der Waals surface area (Å²) in [7, 11) is 0. The molecule has 4 nitrogen and oxygen atoms in total. The minimum absolute atomic E-state index is 0.298. The van der Waals surface area contributed by atoms with Crippen LogP contribution in [-0.2, 0) is 19.1 Å². The highest BCUT2D eigenvalue weighted by molar-refractivity contribution is 5.88. The van der Waals surface area contributed by atoms with E-state index in [0.29, 0.717) is 13.2 Å². The predicted octanol–water partition coefficient (Wildman–Crippen LogP) is 12.2. The molecule has 0 spiro atoms. The van der Waals surface area contributed by atoms with Gasteiger partial charge in [-0.2, -0.15) is 0 Å². The van der Waals surface area contributed by atoms with E-state index in [4.69, 9.17) is 9.47 Å². The Morgan fingerprint density at radius 3 is 0.955 bits per heavy atom. The van der Waals surface area contributed by atoms with Crippen molar-refractivity contribution in [1.82, 2.24) is 0 Å². The highest BCUT2D eigenvalue weighted by atomic mass is 16.5. The van der Waals surface area contributed by atoms with Crippen molar-refractivity contribution >= 4 is 24.1 Å². The smallest absolute Gasteiger partial charge is 0.330 e. The summed E-state index contributed by atoms with van der Waals surface area (Å²) in [6.45, 7) is 5.50. The van der Waals surface area contributed by atoms with E-state index in [1.165, 1.54) is 141 Å². The second kappa shape index (κ2) is 30.7. The highest BCUT2D eigenvalue weighted by Crippen LogP contribution is 2.14. The van der Waals surface area contributed by atoms with E-state index >= 15 is 0 Å².